The van der Waals surface area contributed by atoms with E-state index in [9.17, 15) is 0 Å². The molecule has 0 spiro atoms. The molecule has 0 fully saturated rings. The van der Waals surface area contributed by atoms with Crippen LogP contribution in [0.2, 0.25) is 0 Å². The first-order chi connectivity index (χ1) is 0. The molecular formula is Cr2O7Th2. The van der Waals surface area contributed by atoms with Crippen LogP contribution in [0.15, 0.2) is 0 Å². The molecule has 0 aromatic heterocycles. The van der Waals surface area contributed by atoms with Crippen molar-refractivity contribution in [3.05, 3.63) is 0 Å². The first-order valence-electron chi connectivity index (χ1n) is 0. The second kappa shape index (κ2) is 176. The topological polar surface area (TPSA) is 200 Å². The molecule has 0 saturated heterocycles. The Kier molecular flexibility index (Phi) is 3540. The van der Waals surface area contributed by atoms with Gasteiger partial charge in [0.05, 0.1) is 0 Å². The van der Waals surface area contributed by atoms with Gasteiger partial charge in [0, 0.05) is 0 Å². The minimum Gasteiger partial charge on any atom is -2.00 e. The van der Waals surface area contributed by atoms with Crippen LogP contribution in [-0.2, 0) is 73.1 Å². The van der Waals surface area contributed by atoms with E-state index in [4.69, 9.17) is 0 Å². The zero-order valence-corrected chi connectivity index (χ0v) is 15.4. The van der Waals surface area contributed by atoms with E-state index in [1.54, 1.807) is 0 Å². The number of hydrogen-bond acceptors (Lipinski definition) is 0. The Balaban J connectivity index is 0. The first-order valence-corrected chi connectivity index (χ1v) is 0. The standard InChI is InChI=1S/2Cr.7O.2Th/q2*+3;7*-2;2*+4. The van der Waals surface area contributed by atoms with Gasteiger partial charge in [0.25, 0.3) is 0 Å². The van der Waals surface area contributed by atoms with Gasteiger partial charge in [-0.2, -0.15) is 0 Å². The molecule has 0 rings (SSSR count). The minimum absolute atomic E-state index is 0. The van der Waals surface area contributed by atoms with Crippen LogP contribution >= 0.6 is 0 Å². The fourth-order valence-corrected chi connectivity index (χ4v) is 0. The molecule has 2 radical (unpaired) electrons. The molecule has 7 nitrogen and oxygen atoms in total. The Morgan fingerprint density at radius 1 is 0.273 bits per heavy atom. The average Bonchev–Trinajstić information content (AvgIpc) is 0. The maximum absolute atomic E-state index is 0. The summed E-state index contributed by atoms with van der Waals surface area (Å²) in [5.74, 6) is 0. The van der Waals surface area contributed by atoms with Crippen molar-refractivity contribution in [3.8, 4) is 0 Å². The van der Waals surface area contributed by atoms with Crippen LogP contribution in [0.1, 0.15) is 0 Å². The van der Waals surface area contributed by atoms with Gasteiger partial charge in [0.2, 0.25) is 0 Å². The van der Waals surface area contributed by atoms with E-state index in [1.807, 2.05) is 0 Å². The second-order valence-corrected chi connectivity index (χ2v) is 0. The van der Waals surface area contributed by atoms with Crippen LogP contribution in [0, 0.1) is 79.9 Å². The van der Waals surface area contributed by atoms with Gasteiger partial charge < -0.3 is 38.3 Å². The summed E-state index contributed by atoms with van der Waals surface area (Å²) in [5.41, 5.74) is 0. The van der Waals surface area contributed by atoms with E-state index >= 15 is 0 Å². The molecule has 11 heteroatoms. The van der Waals surface area contributed by atoms with Crippen molar-refractivity contribution < 1.29 is 153 Å². The fourth-order valence-electron chi connectivity index (χ4n) is 0. The van der Waals surface area contributed by atoms with Crippen molar-refractivity contribution in [2.75, 3.05) is 0 Å². The molecule has 62 valence electrons. The third-order valence-corrected chi connectivity index (χ3v) is 0. The Bertz CT molecular complexity index is 14.4. The number of rotatable bonds is 0. The van der Waals surface area contributed by atoms with E-state index in [0.29, 0.717) is 0 Å². The summed E-state index contributed by atoms with van der Waals surface area (Å²) >= 11 is 0. The first kappa shape index (κ1) is 221. The van der Waals surface area contributed by atoms with E-state index in [2.05, 4.69) is 0 Å². The maximum Gasteiger partial charge on any atom is 4.00 e. The summed E-state index contributed by atoms with van der Waals surface area (Å²) in [6, 6.07) is 0. The predicted molar refractivity (Wildman–Crippen MR) is 4.81 cm³/mol. The van der Waals surface area contributed by atoms with Crippen molar-refractivity contribution in [2.45, 2.75) is 0 Å². The van der Waals surface area contributed by atoms with Crippen molar-refractivity contribution in [1.29, 1.82) is 0 Å². The third-order valence-electron chi connectivity index (χ3n) is 0. The summed E-state index contributed by atoms with van der Waals surface area (Å²) in [5, 5.41) is 0. The van der Waals surface area contributed by atoms with Crippen LogP contribution in [-0.4, -0.2) is 0 Å². The van der Waals surface area contributed by atoms with Crippen molar-refractivity contribution in [1.82, 2.24) is 0 Å². The molecule has 0 saturated carbocycles. The maximum atomic E-state index is 0. The smallest absolute Gasteiger partial charge is 2.00 e. The molecule has 0 aliphatic rings. The normalized spacial score (nSPS) is 0. The molecule has 0 aliphatic carbocycles. The van der Waals surface area contributed by atoms with Gasteiger partial charge >= 0.3 is 115 Å². The largest absolute Gasteiger partial charge is 4.00 e. The zero-order chi connectivity index (χ0) is 0. The zero-order valence-electron chi connectivity index (χ0n) is 4.67. The monoisotopic (exact) mass is 680 g/mol. The molecule has 0 bridgehead atoms. The van der Waals surface area contributed by atoms with Crippen LogP contribution in [0.4, 0.5) is 0 Å². The quantitative estimate of drug-likeness (QED) is 0.308. The third kappa shape index (κ3) is 149. The van der Waals surface area contributed by atoms with Crippen LogP contribution < -0.4 is 0 Å². The van der Waals surface area contributed by atoms with Gasteiger partial charge in [-0.15, -0.1) is 0 Å². The molecule has 0 unspecified atom stereocenters. The van der Waals surface area contributed by atoms with Gasteiger partial charge in [-0.25, -0.2) is 0 Å². The Morgan fingerprint density at radius 2 is 0.273 bits per heavy atom. The van der Waals surface area contributed by atoms with E-state index in [-0.39, 0.29) is 153 Å². The summed E-state index contributed by atoms with van der Waals surface area (Å²) in [4.78, 5) is 0. The Morgan fingerprint density at radius 3 is 0.273 bits per heavy atom. The van der Waals surface area contributed by atoms with Gasteiger partial charge in [0.15, 0.2) is 0 Å². The van der Waals surface area contributed by atoms with E-state index in [1.165, 1.54) is 0 Å². The summed E-state index contributed by atoms with van der Waals surface area (Å²) in [6.07, 6.45) is 0. The van der Waals surface area contributed by atoms with Gasteiger partial charge in [-0.05, 0) is 0 Å². The van der Waals surface area contributed by atoms with Crippen molar-refractivity contribution >= 4 is 0 Å². The minimum atomic E-state index is 0. The summed E-state index contributed by atoms with van der Waals surface area (Å²) < 4.78 is 0. The molecule has 0 N–H and O–H groups in total. The Hall–Kier alpha value is 3.43. The molecule has 0 atom stereocenters. The SMILES string of the molecule is [Cr+3].[Cr+3].[O-2].[O-2].[O-2].[O-2].[O-2].[O-2].[O-2].[Th+4].[Th+4]. The van der Waals surface area contributed by atoms with E-state index < -0.39 is 0 Å². The molecule has 0 aromatic carbocycles. The van der Waals surface area contributed by atoms with Crippen LogP contribution in [0.25, 0.3) is 0 Å². The van der Waals surface area contributed by atoms with Gasteiger partial charge in [-0.1, -0.05) is 0 Å². The number of hydrogen-bond donors (Lipinski definition) is 0. The Labute approximate surface area is 150 Å². The summed E-state index contributed by atoms with van der Waals surface area (Å²) in [6.45, 7) is 0. The molecule has 0 aromatic rings. The fraction of sp³-hybridized carbons (Fsp3) is 0. The van der Waals surface area contributed by atoms with E-state index in [0.717, 1.165) is 0 Å². The second-order valence-electron chi connectivity index (χ2n) is 0. The summed E-state index contributed by atoms with van der Waals surface area (Å²) in [7, 11) is 0. The molecular weight excluding hydrogens is 680 g/mol. The average molecular weight is 680 g/mol. The van der Waals surface area contributed by atoms with Gasteiger partial charge in [0.1, 0.15) is 0 Å². The molecule has 0 aliphatic heterocycles. The molecule has 0 heterocycles. The van der Waals surface area contributed by atoms with Crippen molar-refractivity contribution in [3.63, 3.8) is 0 Å². The van der Waals surface area contributed by atoms with Crippen LogP contribution in [0.3, 0.4) is 0 Å². The molecule has 0 amide bonds. The predicted octanol–water partition coefficient (Wildman–Crippen LogP) is -0.837. The van der Waals surface area contributed by atoms with Crippen LogP contribution in [0.5, 0.6) is 0 Å². The molecule has 11 heavy (non-hydrogen) atoms. The van der Waals surface area contributed by atoms with Crippen molar-refractivity contribution in [2.24, 2.45) is 0 Å². The van der Waals surface area contributed by atoms with Gasteiger partial charge in [-0.3, -0.25) is 0 Å².